The Kier molecular flexibility index (Phi) is 5.01. The van der Waals surface area contributed by atoms with Crippen LogP contribution >= 0.6 is 0 Å². The van der Waals surface area contributed by atoms with Crippen LogP contribution in [-0.2, 0) is 4.79 Å². The van der Waals surface area contributed by atoms with E-state index in [2.05, 4.69) is 5.32 Å². The van der Waals surface area contributed by atoms with Gasteiger partial charge in [-0.15, -0.1) is 0 Å². The number of hydrogen-bond acceptors (Lipinski definition) is 3. The van der Waals surface area contributed by atoms with E-state index >= 15 is 0 Å². The van der Waals surface area contributed by atoms with E-state index in [-0.39, 0.29) is 5.75 Å². The summed E-state index contributed by atoms with van der Waals surface area (Å²) >= 11 is 0. The highest BCUT2D eigenvalue weighted by atomic mass is 16.4. The Hall–Kier alpha value is -1.71. The van der Waals surface area contributed by atoms with Crippen molar-refractivity contribution in [2.24, 2.45) is 0 Å². The molecule has 0 saturated carbocycles. The molecule has 1 aromatic rings. The van der Waals surface area contributed by atoms with Crippen molar-refractivity contribution in [2.45, 2.75) is 45.1 Å². The molecule has 100 valence electrons. The van der Waals surface area contributed by atoms with Crippen molar-refractivity contribution >= 4 is 11.7 Å². The van der Waals surface area contributed by atoms with Crippen LogP contribution in [0.2, 0.25) is 0 Å². The number of unbranched alkanes of at least 4 members (excludes halogenated alkanes) is 1. The van der Waals surface area contributed by atoms with Crippen LogP contribution in [0.15, 0.2) is 24.3 Å². The molecule has 0 aliphatic rings. The first kappa shape index (κ1) is 14.4. The fourth-order valence-corrected chi connectivity index (χ4v) is 1.95. The molecule has 0 spiro atoms. The highest BCUT2D eigenvalue weighted by Crippen LogP contribution is 2.30. The zero-order valence-electron chi connectivity index (χ0n) is 10.9. The maximum Gasteiger partial charge on any atom is 0.329 e. The van der Waals surface area contributed by atoms with Gasteiger partial charge in [-0.1, -0.05) is 38.8 Å². The van der Waals surface area contributed by atoms with Gasteiger partial charge in [0, 0.05) is 0 Å². The van der Waals surface area contributed by atoms with Crippen LogP contribution in [0.25, 0.3) is 0 Å². The molecule has 1 unspecified atom stereocenters. The molecule has 18 heavy (non-hydrogen) atoms. The summed E-state index contributed by atoms with van der Waals surface area (Å²) in [5, 5.41) is 22.2. The zero-order chi connectivity index (χ0) is 13.6. The molecule has 4 nitrogen and oxygen atoms in total. The van der Waals surface area contributed by atoms with Crippen LogP contribution in [0.5, 0.6) is 5.75 Å². The van der Waals surface area contributed by atoms with Gasteiger partial charge in [0.25, 0.3) is 0 Å². The van der Waals surface area contributed by atoms with E-state index in [1.807, 2.05) is 13.8 Å². The van der Waals surface area contributed by atoms with Gasteiger partial charge in [-0.2, -0.15) is 0 Å². The number of phenols is 1. The second-order valence-electron chi connectivity index (χ2n) is 4.49. The Bertz CT molecular complexity index is 406. The molecule has 0 aliphatic heterocycles. The Morgan fingerprint density at radius 1 is 1.33 bits per heavy atom. The van der Waals surface area contributed by atoms with Gasteiger partial charge in [-0.3, -0.25) is 0 Å². The van der Waals surface area contributed by atoms with Crippen molar-refractivity contribution in [3.63, 3.8) is 0 Å². The van der Waals surface area contributed by atoms with E-state index in [0.29, 0.717) is 18.5 Å². The highest BCUT2D eigenvalue weighted by Gasteiger charge is 2.36. The lowest BCUT2D eigenvalue weighted by Crippen LogP contribution is -2.45. The predicted octanol–water partition coefficient (Wildman–Crippen LogP) is 3.23. The molecule has 1 rings (SSSR count). The summed E-state index contributed by atoms with van der Waals surface area (Å²) < 4.78 is 0. The number of carboxylic acids is 1. The maximum absolute atomic E-state index is 11.5. The van der Waals surface area contributed by atoms with E-state index in [1.54, 1.807) is 24.3 Å². The third-order valence-corrected chi connectivity index (χ3v) is 3.25. The second kappa shape index (κ2) is 6.28. The smallest absolute Gasteiger partial charge is 0.329 e. The van der Waals surface area contributed by atoms with E-state index in [1.165, 1.54) is 0 Å². The minimum Gasteiger partial charge on any atom is -0.506 e. The number of nitrogens with one attached hydrogen (secondary N) is 1. The van der Waals surface area contributed by atoms with E-state index in [4.69, 9.17) is 0 Å². The molecule has 0 heterocycles. The van der Waals surface area contributed by atoms with Gasteiger partial charge >= 0.3 is 5.97 Å². The van der Waals surface area contributed by atoms with Crippen molar-refractivity contribution in [3.8, 4) is 5.75 Å². The normalized spacial score (nSPS) is 13.9. The molecule has 0 fully saturated rings. The number of aliphatic carboxylic acids is 1. The van der Waals surface area contributed by atoms with E-state index in [0.717, 1.165) is 12.8 Å². The first-order chi connectivity index (χ1) is 8.55. The first-order valence-corrected chi connectivity index (χ1v) is 6.35. The van der Waals surface area contributed by atoms with Crippen molar-refractivity contribution < 1.29 is 15.0 Å². The van der Waals surface area contributed by atoms with Crippen molar-refractivity contribution in [1.29, 1.82) is 0 Å². The summed E-state index contributed by atoms with van der Waals surface area (Å²) in [6.45, 7) is 3.87. The van der Waals surface area contributed by atoms with Gasteiger partial charge in [-0.25, -0.2) is 4.79 Å². The monoisotopic (exact) mass is 251 g/mol. The molecule has 0 amide bonds. The van der Waals surface area contributed by atoms with Gasteiger partial charge in [0.1, 0.15) is 11.3 Å². The number of rotatable bonds is 7. The minimum atomic E-state index is -1.01. The van der Waals surface area contributed by atoms with Crippen LogP contribution in [-0.4, -0.2) is 21.7 Å². The summed E-state index contributed by atoms with van der Waals surface area (Å²) in [6, 6.07) is 6.71. The summed E-state index contributed by atoms with van der Waals surface area (Å²) in [5.74, 6) is -0.797. The Balaban J connectivity index is 2.97. The SMILES string of the molecule is CCCCC(CC)(Nc1ccccc1O)C(=O)O. The summed E-state index contributed by atoms with van der Waals surface area (Å²) in [6.07, 6.45) is 2.79. The number of carboxylic acid groups (broad SMARTS) is 1. The Morgan fingerprint density at radius 2 is 2.00 bits per heavy atom. The summed E-state index contributed by atoms with van der Waals surface area (Å²) in [7, 11) is 0. The maximum atomic E-state index is 11.5. The lowest BCUT2D eigenvalue weighted by Gasteiger charge is -2.30. The first-order valence-electron chi connectivity index (χ1n) is 6.35. The average Bonchev–Trinajstić information content (AvgIpc) is 2.36. The van der Waals surface area contributed by atoms with E-state index in [9.17, 15) is 15.0 Å². The second-order valence-corrected chi connectivity index (χ2v) is 4.49. The van der Waals surface area contributed by atoms with Crippen LogP contribution < -0.4 is 5.32 Å². The van der Waals surface area contributed by atoms with Crippen LogP contribution in [0.4, 0.5) is 5.69 Å². The number of para-hydroxylation sites is 2. The molecular weight excluding hydrogens is 230 g/mol. The number of phenolic OH excluding ortho intramolecular Hbond substituents is 1. The molecule has 0 radical (unpaired) electrons. The van der Waals surface area contributed by atoms with Crippen molar-refractivity contribution in [2.75, 3.05) is 5.32 Å². The molecule has 0 bridgehead atoms. The highest BCUT2D eigenvalue weighted by molar-refractivity contribution is 5.83. The summed E-state index contributed by atoms with van der Waals surface area (Å²) in [5.41, 5.74) is -0.535. The predicted molar refractivity (Wildman–Crippen MR) is 71.9 cm³/mol. The molecule has 0 saturated heterocycles. The van der Waals surface area contributed by atoms with Crippen molar-refractivity contribution in [1.82, 2.24) is 0 Å². The molecular formula is C14H21NO3. The number of benzene rings is 1. The lowest BCUT2D eigenvalue weighted by molar-refractivity contribution is -0.142. The standard InChI is InChI=1S/C14H21NO3/c1-3-5-10-14(4-2,13(17)18)15-11-8-6-7-9-12(11)16/h6-9,15-16H,3-5,10H2,1-2H3,(H,17,18). The summed E-state index contributed by atoms with van der Waals surface area (Å²) in [4.78, 5) is 11.5. The molecule has 4 heteroatoms. The zero-order valence-corrected chi connectivity index (χ0v) is 10.9. The van der Waals surface area contributed by atoms with E-state index < -0.39 is 11.5 Å². The number of aromatic hydroxyl groups is 1. The quantitative estimate of drug-likeness (QED) is 0.651. The van der Waals surface area contributed by atoms with Gasteiger partial charge in [0.15, 0.2) is 0 Å². The van der Waals surface area contributed by atoms with Gasteiger partial charge < -0.3 is 15.5 Å². The third-order valence-electron chi connectivity index (χ3n) is 3.25. The number of hydrogen-bond donors (Lipinski definition) is 3. The number of anilines is 1. The Morgan fingerprint density at radius 3 is 2.50 bits per heavy atom. The topological polar surface area (TPSA) is 69.6 Å². The van der Waals surface area contributed by atoms with Crippen molar-refractivity contribution in [3.05, 3.63) is 24.3 Å². The fraction of sp³-hybridized carbons (Fsp3) is 0.500. The fourth-order valence-electron chi connectivity index (χ4n) is 1.95. The minimum absolute atomic E-state index is 0.0769. The molecule has 1 atom stereocenters. The third kappa shape index (κ3) is 3.15. The van der Waals surface area contributed by atoms with Gasteiger partial charge in [-0.05, 0) is 25.0 Å². The van der Waals surface area contributed by atoms with Gasteiger partial charge in [0.05, 0.1) is 5.69 Å². The van der Waals surface area contributed by atoms with Crippen LogP contribution in [0.3, 0.4) is 0 Å². The van der Waals surface area contributed by atoms with Crippen LogP contribution in [0.1, 0.15) is 39.5 Å². The number of carbonyl (C=O) groups is 1. The Labute approximate surface area is 108 Å². The molecule has 0 aromatic heterocycles. The largest absolute Gasteiger partial charge is 0.506 e. The molecule has 3 N–H and O–H groups in total. The molecule has 1 aromatic carbocycles. The van der Waals surface area contributed by atoms with Gasteiger partial charge in [0.2, 0.25) is 0 Å². The average molecular weight is 251 g/mol. The molecule has 0 aliphatic carbocycles. The lowest BCUT2D eigenvalue weighted by atomic mass is 9.89. The van der Waals surface area contributed by atoms with Crippen LogP contribution in [0, 0.1) is 0 Å².